The molecule has 0 amide bonds. The lowest BCUT2D eigenvalue weighted by molar-refractivity contribution is 0.415. The first kappa shape index (κ1) is 13.6. The third-order valence-electron chi connectivity index (χ3n) is 2.44. The minimum Gasteiger partial charge on any atom is -0.497 e. The molecule has 1 rings (SSSR count). The largest absolute Gasteiger partial charge is 0.497 e. The van der Waals surface area contributed by atoms with Gasteiger partial charge < -0.3 is 4.74 Å². The maximum Gasteiger partial charge on any atom is 0.292 e. The van der Waals surface area contributed by atoms with Crippen LogP contribution in [0.4, 0.5) is 5.69 Å². The van der Waals surface area contributed by atoms with E-state index in [9.17, 15) is 0 Å². The van der Waals surface area contributed by atoms with Crippen LogP contribution in [0.2, 0.25) is 0 Å². The highest BCUT2D eigenvalue weighted by molar-refractivity contribution is 5.52. The first-order valence-corrected chi connectivity index (χ1v) is 5.57. The van der Waals surface area contributed by atoms with E-state index < -0.39 is 0 Å². The fourth-order valence-electron chi connectivity index (χ4n) is 1.43. The molecule has 0 radical (unpaired) electrons. The van der Waals surface area contributed by atoms with Gasteiger partial charge in [0.15, 0.2) is 5.70 Å². The van der Waals surface area contributed by atoms with Crippen LogP contribution < -0.4 is 9.64 Å². The monoisotopic (exact) mass is 241 g/mol. The van der Waals surface area contributed by atoms with Crippen LogP contribution in [0.5, 0.6) is 5.75 Å². The van der Waals surface area contributed by atoms with Crippen molar-refractivity contribution in [3.05, 3.63) is 59.0 Å². The molecule has 0 aliphatic heterocycles. The molecule has 0 aliphatic carbocycles. The predicted octanol–water partition coefficient (Wildman–Crippen LogP) is 3.55. The Bertz CT molecular complexity index is 491. The van der Waals surface area contributed by atoms with Gasteiger partial charge in [-0.2, -0.15) is 0 Å². The number of rotatable bonds is 5. The van der Waals surface area contributed by atoms with Crippen LogP contribution in [0.1, 0.15) is 13.3 Å². The average Bonchev–Trinajstić information content (AvgIpc) is 2.43. The number of ether oxygens (including phenoxy) is 1. The number of methoxy groups -OCH3 is 1. The van der Waals surface area contributed by atoms with E-state index in [1.54, 1.807) is 18.2 Å². The van der Waals surface area contributed by atoms with Gasteiger partial charge >= 0.3 is 0 Å². The summed E-state index contributed by atoms with van der Waals surface area (Å²) in [5.41, 5.74) is 1.51. The molecule has 0 spiro atoms. The van der Waals surface area contributed by atoms with Crippen molar-refractivity contribution in [2.45, 2.75) is 13.3 Å². The Morgan fingerprint density at radius 2 is 2.00 bits per heavy atom. The van der Waals surface area contributed by atoms with E-state index >= 15 is 0 Å². The summed E-state index contributed by atoms with van der Waals surface area (Å²) in [6.07, 6.45) is 2.39. The Kier molecular flexibility index (Phi) is 5.28. The molecular formula is C14H15N3O. The molecule has 0 aliphatic rings. The normalized spacial score (nSPS) is 10.3. The van der Waals surface area contributed by atoms with Gasteiger partial charge in [-0.1, -0.05) is 6.92 Å². The molecular weight excluding hydrogens is 226 g/mol. The molecule has 4 heteroatoms. The fourth-order valence-corrected chi connectivity index (χ4v) is 1.43. The van der Waals surface area contributed by atoms with Gasteiger partial charge in [0.1, 0.15) is 5.75 Å². The average molecular weight is 241 g/mol. The van der Waals surface area contributed by atoms with Crippen molar-refractivity contribution in [3.8, 4) is 5.75 Å². The van der Waals surface area contributed by atoms with Crippen molar-refractivity contribution < 1.29 is 4.74 Å². The second kappa shape index (κ2) is 6.98. The highest BCUT2D eigenvalue weighted by atomic mass is 16.5. The summed E-state index contributed by atoms with van der Waals surface area (Å²) in [7, 11) is 1.61. The summed E-state index contributed by atoms with van der Waals surface area (Å²) < 4.78 is 5.09. The lowest BCUT2D eigenvalue weighted by atomic mass is 10.2. The lowest BCUT2D eigenvalue weighted by Crippen LogP contribution is -2.15. The highest BCUT2D eigenvalue weighted by Crippen LogP contribution is 2.20. The van der Waals surface area contributed by atoms with Gasteiger partial charge in [0, 0.05) is 11.9 Å². The molecule has 1 aromatic carbocycles. The number of hydrogen-bond donors (Lipinski definition) is 0. The first-order chi connectivity index (χ1) is 8.74. The topological polar surface area (TPSA) is 21.2 Å². The van der Waals surface area contributed by atoms with E-state index in [2.05, 4.69) is 9.69 Å². The van der Waals surface area contributed by atoms with Crippen molar-refractivity contribution in [3.63, 3.8) is 0 Å². The van der Waals surface area contributed by atoms with Crippen LogP contribution in [-0.2, 0) is 0 Å². The first-order valence-electron chi connectivity index (χ1n) is 5.57. The van der Waals surface area contributed by atoms with Gasteiger partial charge in [-0.3, -0.25) is 9.74 Å². The Hall–Kier alpha value is -2.46. The third-order valence-corrected chi connectivity index (χ3v) is 2.44. The van der Waals surface area contributed by atoms with Crippen LogP contribution in [0, 0.1) is 13.1 Å². The molecule has 1 aromatic rings. The number of benzene rings is 1. The molecule has 0 saturated carbocycles. The van der Waals surface area contributed by atoms with Crippen molar-refractivity contribution in [2.24, 2.45) is 0 Å². The summed E-state index contributed by atoms with van der Waals surface area (Å²) in [4.78, 5) is 8.57. The van der Waals surface area contributed by atoms with Gasteiger partial charge in [0.2, 0.25) is 0 Å². The second-order valence-electron chi connectivity index (χ2n) is 3.55. The van der Waals surface area contributed by atoms with E-state index in [0.717, 1.165) is 11.4 Å². The predicted molar refractivity (Wildman–Crippen MR) is 71.9 cm³/mol. The molecule has 0 bridgehead atoms. The van der Waals surface area contributed by atoms with E-state index in [0.29, 0.717) is 12.1 Å². The smallest absolute Gasteiger partial charge is 0.292 e. The zero-order chi connectivity index (χ0) is 13.4. The van der Waals surface area contributed by atoms with Crippen molar-refractivity contribution in [1.82, 2.24) is 0 Å². The van der Waals surface area contributed by atoms with Gasteiger partial charge in [0.05, 0.1) is 13.7 Å². The zero-order valence-electron chi connectivity index (χ0n) is 10.6. The molecule has 0 unspecified atom stereocenters. The summed E-state index contributed by atoms with van der Waals surface area (Å²) >= 11 is 0. The Morgan fingerprint density at radius 3 is 2.44 bits per heavy atom. The lowest BCUT2D eigenvalue weighted by Gasteiger charge is -2.15. The third kappa shape index (κ3) is 3.54. The molecule has 4 nitrogen and oxygen atoms in total. The molecule has 0 N–H and O–H groups in total. The summed E-state index contributed by atoms with van der Waals surface area (Å²) in [5.74, 6) is 0.770. The molecule has 0 saturated heterocycles. The van der Waals surface area contributed by atoms with E-state index in [1.807, 2.05) is 31.2 Å². The SMILES string of the molecule is [C-]#[N+]CN(/C=C(/CC)[N+]#[C-])c1ccc(OC)cc1. The Labute approximate surface area is 108 Å². The number of nitrogens with zero attached hydrogens (tertiary/aromatic N) is 3. The molecule has 0 heterocycles. The summed E-state index contributed by atoms with van der Waals surface area (Å²) in [6.45, 7) is 16.1. The van der Waals surface area contributed by atoms with Crippen molar-refractivity contribution >= 4 is 5.69 Å². The van der Waals surface area contributed by atoms with Gasteiger partial charge in [0.25, 0.3) is 6.67 Å². The number of hydrogen-bond acceptors (Lipinski definition) is 2. The van der Waals surface area contributed by atoms with E-state index in [-0.39, 0.29) is 6.67 Å². The standard InChI is InChI=1S/C14H15N3O/c1-5-12(16-3)10-17(11-15-2)13-6-8-14(18-4)9-7-13/h6-10H,5,11H2,1,4H3/b12-10-. The fraction of sp³-hybridized carbons (Fsp3) is 0.286. The van der Waals surface area contributed by atoms with Crippen LogP contribution >= 0.6 is 0 Å². The Morgan fingerprint density at radius 1 is 1.33 bits per heavy atom. The minimum atomic E-state index is 0.200. The van der Waals surface area contributed by atoms with Crippen LogP contribution in [0.3, 0.4) is 0 Å². The van der Waals surface area contributed by atoms with Crippen molar-refractivity contribution in [1.29, 1.82) is 0 Å². The molecule has 0 aromatic heterocycles. The quantitative estimate of drug-likeness (QED) is 0.735. The van der Waals surface area contributed by atoms with Crippen molar-refractivity contribution in [2.75, 3.05) is 18.7 Å². The Balaban J connectivity index is 3.01. The zero-order valence-corrected chi connectivity index (χ0v) is 10.6. The van der Waals surface area contributed by atoms with E-state index in [1.165, 1.54) is 0 Å². The van der Waals surface area contributed by atoms with Gasteiger partial charge in [-0.25, -0.2) is 11.4 Å². The minimum absolute atomic E-state index is 0.200. The molecule has 0 atom stereocenters. The van der Waals surface area contributed by atoms with Crippen LogP contribution in [0.15, 0.2) is 36.2 Å². The number of anilines is 1. The maximum absolute atomic E-state index is 7.04. The molecule has 0 fully saturated rings. The van der Waals surface area contributed by atoms with Gasteiger partial charge in [-0.05, 0) is 30.7 Å². The molecule has 92 valence electrons. The summed E-state index contributed by atoms with van der Waals surface area (Å²) in [5, 5.41) is 0. The maximum atomic E-state index is 7.04. The molecule has 18 heavy (non-hydrogen) atoms. The second-order valence-corrected chi connectivity index (χ2v) is 3.55. The highest BCUT2D eigenvalue weighted by Gasteiger charge is 2.07. The van der Waals surface area contributed by atoms with Gasteiger partial charge in [-0.15, -0.1) is 0 Å². The van der Waals surface area contributed by atoms with E-state index in [4.69, 9.17) is 17.9 Å². The summed E-state index contributed by atoms with van der Waals surface area (Å²) in [6, 6.07) is 7.42. The van der Waals surface area contributed by atoms with Crippen LogP contribution in [0.25, 0.3) is 9.69 Å². The van der Waals surface area contributed by atoms with Crippen LogP contribution in [-0.4, -0.2) is 13.8 Å². The number of allylic oxidation sites excluding steroid dienone is 1.